The van der Waals surface area contributed by atoms with E-state index in [1.165, 1.54) is 16.7 Å². The summed E-state index contributed by atoms with van der Waals surface area (Å²) >= 11 is 9.94. The summed E-state index contributed by atoms with van der Waals surface area (Å²) in [5.41, 5.74) is 1.95. The van der Waals surface area contributed by atoms with Crippen molar-refractivity contribution in [3.8, 4) is 5.75 Å². The summed E-state index contributed by atoms with van der Waals surface area (Å²) < 4.78 is 12.2. The summed E-state index contributed by atoms with van der Waals surface area (Å²) in [4.78, 5) is 26.1. The molecule has 0 bridgehead atoms. The highest BCUT2D eigenvalue weighted by Gasteiger charge is 2.32. The van der Waals surface area contributed by atoms with E-state index in [4.69, 9.17) is 21.7 Å². The quantitative estimate of drug-likeness (QED) is 0.279. The predicted octanol–water partition coefficient (Wildman–Crippen LogP) is 5.18. The number of amides is 1. The first-order valence-corrected chi connectivity index (χ1v) is 11.4. The van der Waals surface area contributed by atoms with Crippen molar-refractivity contribution < 1.29 is 19.1 Å². The molecule has 0 unspecified atom stereocenters. The van der Waals surface area contributed by atoms with Crippen LogP contribution >= 0.6 is 39.9 Å². The number of hydrogen-bond donors (Lipinski definition) is 0. The molecular formula is C22H20BrNO4S2. The van der Waals surface area contributed by atoms with E-state index in [2.05, 4.69) is 15.9 Å². The fourth-order valence-electron chi connectivity index (χ4n) is 2.69. The second-order valence-electron chi connectivity index (χ2n) is 6.37. The molecule has 1 fully saturated rings. The molecule has 2 aromatic carbocycles. The van der Waals surface area contributed by atoms with Gasteiger partial charge in [0.1, 0.15) is 16.7 Å². The molecule has 3 rings (SSSR count). The summed E-state index contributed by atoms with van der Waals surface area (Å²) in [5, 5.41) is 0. The Morgan fingerprint density at radius 2 is 1.87 bits per heavy atom. The van der Waals surface area contributed by atoms with E-state index < -0.39 is 0 Å². The van der Waals surface area contributed by atoms with E-state index in [-0.39, 0.29) is 24.8 Å². The topological polar surface area (TPSA) is 55.8 Å². The molecule has 8 heteroatoms. The maximum atomic E-state index is 12.6. The van der Waals surface area contributed by atoms with Crippen LogP contribution in [0.25, 0.3) is 6.08 Å². The van der Waals surface area contributed by atoms with Gasteiger partial charge in [0.05, 0.1) is 17.9 Å². The van der Waals surface area contributed by atoms with Crippen molar-refractivity contribution in [2.45, 2.75) is 20.0 Å². The highest BCUT2D eigenvalue weighted by atomic mass is 79.9. The first kappa shape index (κ1) is 22.5. The molecule has 156 valence electrons. The maximum Gasteiger partial charge on any atom is 0.307 e. The minimum Gasteiger partial charge on any atom is -0.489 e. The van der Waals surface area contributed by atoms with Crippen LogP contribution in [-0.4, -0.2) is 34.2 Å². The van der Waals surface area contributed by atoms with E-state index in [0.717, 1.165) is 21.3 Å². The van der Waals surface area contributed by atoms with Gasteiger partial charge < -0.3 is 9.47 Å². The molecular weight excluding hydrogens is 486 g/mol. The number of esters is 1. The predicted molar refractivity (Wildman–Crippen MR) is 126 cm³/mol. The van der Waals surface area contributed by atoms with Crippen LogP contribution in [0.3, 0.4) is 0 Å². The summed E-state index contributed by atoms with van der Waals surface area (Å²) in [6, 6.07) is 15.5. The number of hydrogen-bond acceptors (Lipinski definition) is 6. The molecule has 5 nitrogen and oxygen atoms in total. The fraction of sp³-hybridized carbons (Fsp3) is 0.227. The van der Waals surface area contributed by atoms with Crippen molar-refractivity contribution >= 4 is 62.2 Å². The number of benzene rings is 2. The van der Waals surface area contributed by atoms with Crippen LogP contribution in [0, 0.1) is 0 Å². The van der Waals surface area contributed by atoms with Crippen molar-refractivity contribution in [2.75, 3.05) is 13.2 Å². The first-order valence-electron chi connectivity index (χ1n) is 9.34. The molecule has 1 heterocycles. The number of carbonyl (C=O) groups is 2. The van der Waals surface area contributed by atoms with E-state index >= 15 is 0 Å². The maximum absolute atomic E-state index is 12.6. The van der Waals surface area contributed by atoms with E-state index in [0.29, 0.717) is 22.4 Å². The lowest BCUT2D eigenvalue weighted by Gasteiger charge is -2.13. The van der Waals surface area contributed by atoms with Gasteiger partial charge in [0.15, 0.2) is 0 Å². The van der Waals surface area contributed by atoms with Gasteiger partial charge in [-0.1, -0.05) is 64.2 Å². The molecule has 0 atom stereocenters. The molecule has 1 aliphatic heterocycles. The zero-order chi connectivity index (χ0) is 21.5. The van der Waals surface area contributed by atoms with Gasteiger partial charge >= 0.3 is 5.97 Å². The molecule has 0 saturated carbocycles. The monoisotopic (exact) mass is 505 g/mol. The summed E-state index contributed by atoms with van der Waals surface area (Å²) in [6.45, 7) is 2.77. The van der Waals surface area contributed by atoms with Gasteiger partial charge in [0.2, 0.25) is 0 Å². The zero-order valence-corrected chi connectivity index (χ0v) is 19.5. The van der Waals surface area contributed by atoms with Crippen molar-refractivity contribution in [1.29, 1.82) is 0 Å². The van der Waals surface area contributed by atoms with Crippen LogP contribution in [0.5, 0.6) is 5.75 Å². The molecule has 0 spiro atoms. The molecule has 30 heavy (non-hydrogen) atoms. The smallest absolute Gasteiger partial charge is 0.307 e. The highest BCUT2D eigenvalue weighted by Crippen LogP contribution is 2.33. The zero-order valence-electron chi connectivity index (χ0n) is 16.3. The lowest BCUT2D eigenvalue weighted by atomic mass is 10.2. The van der Waals surface area contributed by atoms with Gasteiger partial charge in [-0.3, -0.25) is 14.5 Å². The van der Waals surface area contributed by atoms with Crippen LogP contribution < -0.4 is 4.74 Å². The third-order valence-electron chi connectivity index (χ3n) is 4.22. The standard InChI is InChI=1S/C22H20BrNO4S2/c1-2-27-20(25)11-12-24-21(26)19(30-22(24)29)13-15-5-9-18(10-6-15)28-14-16-3-7-17(23)8-4-16/h3-10,13H,2,11-12,14H2,1H3/b19-13+. The summed E-state index contributed by atoms with van der Waals surface area (Å²) in [6.07, 6.45) is 1.92. The van der Waals surface area contributed by atoms with Crippen LogP contribution in [0.2, 0.25) is 0 Å². The Balaban J connectivity index is 1.58. The van der Waals surface area contributed by atoms with Crippen molar-refractivity contribution in [3.05, 3.63) is 69.0 Å². The second-order valence-corrected chi connectivity index (χ2v) is 8.96. The van der Waals surface area contributed by atoms with Crippen molar-refractivity contribution in [2.24, 2.45) is 0 Å². The largest absolute Gasteiger partial charge is 0.489 e. The number of halogens is 1. The minimum atomic E-state index is -0.339. The van der Waals surface area contributed by atoms with Gasteiger partial charge in [-0.25, -0.2) is 0 Å². The molecule has 2 aromatic rings. The Morgan fingerprint density at radius 1 is 1.17 bits per heavy atom. The first-order chi connectivity index (χ1) is 14.5. The molecule has 1 aliphatic rings. The van der Waals surface area contributed by atoms with Crippen molar-refractivity contribution in [1.82, 2.24) is 4.90 Å². The Hall–Kier alpha value is -2.16. The van der Waals surface area contributed by atoms with Gasteiger partial charge in [-0.05, 0) is 48.4 Å². The average Bonchev–Trinajstić information content (AvgIpc) is 3.00. The van der Waals surface area contributed by atoms with Crippen molar-refractivity contribution in [3.63, 3.8) is 0 Å². The number of rotatable bonds is 8. The van der Waals surface area contributed by atoms with Crippen LogP contribution in [0.15, 0.2) is 57.9 Å². The van der Waals surface area contributed by atoms with Gasteiger partial charge in [-0.15, -0.1) is 0 Å². The lowest BCUT2D eigenvalue weighted by molar-refractivity contribution is -0.143. The Morgan fingerprint density at radius 3 is 2.53 bits per heavy atom. The average molecular weight is 506 g/mol. The Labute approximate surface area is 193 Å². The van der Waals surface area contributed by atoms with E-state index in [1.54, 1.807) is 13.0 Å². The van der Waals surface area contributed by atoms with Gasteiger partial charge in [0, 0.05) is 11.0 Å². The molecule has 0 N–H and O–H groups in total. The molecule has 0 radical (unpaired) electrons. The summed E-state index contributed by atoms with van der Waals surface area (Å²) in [5.74, 6) is 0.219. The molecule has 0 aliphatic carbocycles. The molecule has 1 saturated heterocycles. The third kappa shape index (κ3) is 6.17. The number of carbonyl (C=O) groups excluding carboxylic acids is 2. The van der Waals surface area contributed by atoms with Crippen LogP contribution in [0.4, 0.5) is 0 Å². The minimum absolute atomic E-state index is 0.123. The van der Waals surface area contributed by atoms with E-state index in [9.17, 15) is 9.59 Å². The Kier molecular flexibility index (Phi) is 8.07. The van der Waals surface area contributed by atoms with Gasteiger partial charge in [-0.2, -0.15) is 0 Å². The van der Waals surface area contributed by atoms with E-state index in [1.807, 2.05) is 48.5 Å². The van der Waals surface area contributed by atoms with Gasteiger partial charge in [0.25, 0.3) is 5.91 Å². The summed E-state index contributed by atoms with van der Waals surface area (Å²) in [7, 11) is 0. The normalized spacial score (nSPS) is 15.0. The van der Waals surface area contributed by atoms with Crippen LogP contribution in [0.1, 0.15) is 24.5 Å². The fourth-order valence-corrected chi connectivity index (χ4v) is 4.26. The second kappa shape index (κ2) is 10.7. The lowest BCUT2D eigenvalue weighted by Crippen LogP contribution is -2.30. The SMILES string of the molecule is CCOC(=O)CCN1C(=O)/C(=C\c2ccc(OCc3ccc(Br)cc3)cc2)SC1=S. The Bertz CT molecular complexity index is 958. The third-order valence-corrected chi connectivity index (χ3v) is 6.12. The molecule has 1 amide bonds. The molecule has 0 aromatic heterocycles. The van der Waals surface area contributed by atoms with Crippen LogP contribution in [-0.2, 0) is 20.9 Å². The highest BCUT2D eigenvalue weighted by molar-refractivity contribution is 9.10. The number of nitrogens with zero attached hydrogens (tertiary/aromatic N) is 1. The number of ether oxygens (including phenoxy) is 2. The number of thioether (sulfide) groups is 1. The number of thiocarbonyl (C=S) groups is 1.